The summed E-state index contributed by atoms with van der Waals surface area (Å²) in [5.41, 5.74) is 2.02. The van der Waals surface area contributed by atoms with Gasteiger partial charge in [0.05, 0.1) is 17.1 Å². The van der Waals surface area contributed by atoms with Crippen molar-refractivity contribution in [3.8, 4) is 5.75 Å². The van der Waals surface area contributed by atoms with Crippen molar-refractivity contribution in [2.24, 2.45) is 0 Å². The summed E-state index contributed by atoms with van der Waals surface area (Å²) in [6, 6.07) is 11.6. The van der Waals surface area contributed by atoms with E-state index in [1.165, 1.54) is 25.2 Å². The van der Waals surface area contributed by atoms with Crippen LogP contribution < -0.4 is 15.4 Å². The summed E-state index contributed by atoms with van der Waals surface area (Å²) >= 11 is 0. The van der Waals surface area contributed by atoms with Crippen LogP contribution in [0.5, 0.6) is 5.75 Å². The van der Waals surface area contributed by atoms with Gasteiger partial charge in [0.15, 0.2) is 6.61 Å². The molecule has 2 aromatic carbocycles. The Morgan fingerprint density at radius 2 is 1.90 bits per heavy atom. The van der Waals surface area contributed by atoms with Crippen LogP contribution in [0.15, 0.2) is 47.4 Å². The Kier molecular flexibility index (Phi) is 5.90. The van der Waals surface area contributed by atoms with Crippen LogP contribution in [0.1, 0.15) is 25.3 Å². The van der Waals surface area contributed by atoms with Crippen molar-refractivity contribution in [2.45, 2.75) is 24.7 Å². The van der Waals surface area contributed by atoms with E-state index in [0.29, 0.717) is 17.4 Å². The van der Waals surface area contributed by atoms with Gasteiger partial charge in [-0.2, -0.15) is 4.31 Å². The first kappa shape index (κ1) is 20.8. The zero-order valence-corrected chi connectivity index (χ0v) is 17.2. The van der Waals surface area contributed by atoms with Crippen LogP contribution in [0.2, 0.25) is 0 Å². The Bertz CT molecular complexity index is 1030. The molecule has 29 heavy (non-hydrogen) atoms. The Morgan fingerprint density at radius 3 is 2.55 bits per heavy atom. The number of anilines is 2. The second-order valence-corrected chi connectivity index (χ2v) is 9.13. The van der Waals surface area contributed by atoms with Crippen molar-refractivity contribution in [1.82, 2.24) is 4.31 Å². The van der Waals surface area contributed by atoms with Gasteiger partial charge in [0.1, 0.15) is 5.75 Å². The Hall–Kier alpha value is -2.91. The molecule has 8 nitrogen and oxygen atoms in total. The molecule has 0 saturated carbocycles. The van der Waals surface area contributed by atoms with Crippen LogP contribution in [0.4, 0.5) is 11.4 Å². The number of rotatable bonds is 6. The number of likely N-dealkylation sites (N-methyl/N-ethyl adjacent to an activating group) is 1. The molecular formula is C20H23N3O5S. The molecule has 1 aliphatic heterocycles. The lowest BCUT2D eigenvalue weighted by Gasteiger charge is -2.21. The molecule has 0 unspecified atom stereocenters. The molecule has 0 atom stereocenters. The molecule has 0 fully saturated rings. The summed E-state index contributed by atoms with van der Waals surface area (Å²) in [6.07, 6.45) is 0. The van der Waals surface area contributed by atoms with Gasteiger partial charge in [-0.05, 0) is 41.8 Å². The largest absolute Gasteiger partial charge is 0.482 e. The molecule has 154 valence electrons. The molecule has 0 radical (unpaired) electrons. The maximum Gasteiger partial charge on any atom is 0.262 e. The van der Waals surface area contributed by atoms with Crippen LogP contribution in [0.25, 0.3) is 0 Å². The van der Waals surface area contributed by atoms with Crippen LogP contribution in [-0.4, -0.2) is 44.7 Å². The molecule has 2 amide bonds. The summed E-state index contributed by atoms with van der Waals surface area (Å²) in [5, 5.41) is 5.27. The number of fused-ring (bicyclic) bond motifs is 1. The molecule has 0 bridgehead atoms. The molecule has 1 heterocycles. The lowest BCUT2D eigenvalue weighted by molar-refractivity contribution is -0.118. The van der Waals surface area contributed by atoms with Gasteiger partial charge in [0, 0.05) is 12.7 Å². The standard InChI is InChI=1S/C20H23N3O5S/c1-13(2)14-4-6-15(7-5-14)21-19(24)11-23(3)29(26,27)16-8-9-18-17(10-16)22-20(25)12-28-18/h4-10,13H,11-12H2,1-3H3,(H,21,24)(H,22,25). The van der Waals surface area contributed by atoms with Gasteiger partial charge in [-0.25, -0.2) is 8.42 Å². The topological polar surface area (TPSA) is 105 Å². The first-order chi connectivity index (χ1) is 13.7. The van der Waals surface area contributed by atoms with Gasteiger partial charge in [-0.1, -0.05) is 26.0 Å². The fourth-order valence-electron chi connectivity index (χ4n) is 2.84. The van der Waals surface area contributed by atoms with Gasteiger partial charge < -0.3 is 15.4 Å². The van der Waals surface area contributed by atoms with Crippen molar-refractivity contribution < 1.29 is 22.7 Å². The Labute approximate surface area is 169 Å². The van der Waals surface area contributed by atoms with E-state index in [0.717, 1.165) is 9.87 Å². The normalized spacial score (nSPS) is 13.6. The molecule has 2 aromatic rings. The average molecular weight is 417 g/mol. The number of carbonyl (C=O) groups is 2. The smallest absolute Gasteiger partial charge is 0.262 e. The summed E-state index contributed by atoms with van der Waals surface area (Å²) in [5.74, 6) is -0.0390. The number of hydrogen-bond acceptors (Lipinski definition) is 5. The lowest BCUT2D eigenvalue weighted by atomic mass is 10.0. The third kappa shape index (κ3) is 4.75. The minimum Gasteiger partial charge on any atom is -0.482 e. The van der Waals surface area contributed by atoms with E-state index in [1.807, 2.05) is 12.1 Å². The van der Waals surface area contributed by atoms with E-state index in [2.05, 4.69) is 24.5 Å². The third-order valence-electron chi connectivity index (χ3n) is 4.52. The molecule has 2 N–H and O–H groups in total. The van der Waals surface area contributed by atoms with E-state index in [-0.39, 0.29) is 29.6 Å². The summed E-state index contributed by atoms with van der Waals surface area (Å²) in [6.45, 7) is 3.68. The number of amides is 2. The van der Waals surface area contributed by atoms with Crippen LogP contribution >= 0.6 is 0 Å². The molecule has 9 heteroatoms. The fourth-order valence-corrected chi connectivity index (χ4v) is 4.00. The zero-order chi connectivity index (χ0) is 21.2. The number of benzene rings is 2. The third-order valence-corrected chi connectivity index (χ3v) is 6.32. The molecule has 3 rings (SSSR count). The zero-order valence-electron chi connectivity index (χ0n) is 16.4. The highest BCUT2D eigenvalue weighted by Gasteiger charge is 2.26. The van der Waals surface area contributed by atoms with Crippen molar-refractivity contribution in [2.75, 3.05) is 30.8 Å². The minimum atomic E-state index is -3.93. The van der Waals surface area contributed by atoms with Crippen molar-refractivity contribution in [3.63, 3.8) is 0 Å². The van der Waals surface area contributed by atoms with E-state index < -0.39 is 15.9 Å². The highest BCUT2D eigenvalue weighted by Crippen LogP contribution is 2.31. The van der Waals surface area contributed by atoms with E-state index in [1.54, 1.807) is 12.1 Å². The number of ether oxygens (including phenoxy) is 1. The molecule has 0 aromatic heterocycles. The summed E-state index contributed by atoms with van der Waals surface area (Å²) in [4.78, 5) is 23.7. The summed E-state index contributed by atoms with van der Waals surface area (Å²) in [7, 11) is -2.60. The highest BCUT2D eigenvalue weighted by molar-refractivity contribution is 7.89. The van der Waals surface area contributed by atoms with Crippen LogP contribution in [0.3, 0.4) is 0 Å². The minimum absolute atomic E-state index is 0.0429. The number of nitrogens with zero attached hydrogens (tertiary/aromatic N) is 1. The number of sulfonamides is 1. The van der Waals surface area contributed by atoms with Gasteiger partial charge >= 0.3 is 0 Å². The first-order valence-corrected chi connectivity index (χ1v) is 10.5. The second kappa shape index (κ2) is 8.22. The molecular weight excluding hydrogens is 394 g/mol. The SMILES string of the molecule is CC(C)c1ccc(NC(=O)CN(C)S(=O)(=O)c2ccc3c(c2)NC(=O)CO3)cc1. The maximum absolute atomic E-state index is 12.8. The maximum atomic E-state index is 12.8. The summed E-state index contributed by atoms with van der Waals surface area (Å²) < 4.78 is 31.8. The quantitative estimate of drug-likeness (QED) is 0.751. The second-order valence-electron chi connectivity index (χ2n) is 7.08. The molecule has 0 saturated heterocycles. The fraction of sp³-hybridized carbons (Fsp3) is 0.300. The van der Waals surface area contributed by atoms with Crippen molar-refractivity contribution >= 4 is 33.2 Å². The molecule has 0 aliphatic carbocycles. The predicted octanol–water partition coefficient (Wildman–Crippen LogP) is 2.40. The van der Waals surface area contributed by atoms with E-state index >= 15 is 0 Å². The predicted molar refractivity (Wildman–Crippen MR) is 110 cm³/mol. The monoisotopic (exact) mass is 417 g/mol. The number of hydrogen-bond donors (Lipinski definition) is 2. The van der Waals surface area contributed by atoms with Crippen LogP contribution in [-0.2, 0) is 19.6 Å². The molecule has 1 aliphatic rings. The number of carbonyl (C=O) groups excluding carboxylic acids is 2. The van der Waals surface area contributed by atoms with Gasteiger partial charge in [0.25, 0.3) is 5.91 Å². The first-order valence-electron chi connectivity index (χ1n) is 9.09. The van der Waals surface area contributed by atoms with Crippen LogP contribution in [0, 0.1) is 0 Å². The van der Waals surface area contributed by atoms with Crippen molar-refractivity contribution in [3.05, 3.63) is 48.0 Å². The van der Waals surface area contributed by atoms with Crippen molar-refractivity contribution in [1.29, 1.82) is 0 Å². The van der Waals surface area contributed by atoms with Gasteiger partial charge in [-0.3, -0.25) is 9.59 Å². The van der Waals surface area contributed by atoms with Gasteiger partial charge in [-0.15, -0.1) is 0 Å². The Balaban J connectivity index is 1.69. The molecule has 0 spiro atoms. The van der Waals surface area contributed by atoms with Gasteiger partial charge in [0.2, 0.25) is 15.9 Å². The van der Waals surface area contributed by atoms with E-state index in [4.69, 9.17) is 4.74 Å². The Morgan fingerprint density at radius 1 is 1.21 bits per heavy atom. The lowest BCUT2D eigenvalue weighted by Crippen LogP contribution is -2.35. The number of nitrogens with one attached hydrogen (secondary N) is 2. The highest BCUT2D eigenvalue weighted by atomic mass is 32.2. The average Bonchev–Trinajstić information content (AvgIpc) is 2.67. The van der Waals surface area contributed by atoms with E-state index in [9.17, 15) is 18.0 Å².